The topological polar surface area (TPSA) is 26.3 Å². The lowest BCUT2D eigenvalue weighted by molar-refractivity contribution is -0.104. The van der Waals surface area contributed by atoms with E-state index in [2.05, 4.69) is 33.9 Å². The smallest absolute Gasteiger partial charge is 0.250 e. The molecule has 0 fully saturated rings. The first kappa shape index (κ1) is 10.6. The van der Waals surface area contributed by atoms with E-state index in [4.69, 9.17) is 8.54 Å². The van der Waals surface area contributed by atoms with E-state index in [1.807, 2.05) is 0 Å². The van der Waals surface area contributed by atoms with Gasteiger partial charge in [-0.2, -0.15) is 0 Å². The number of hydrogen-bond donors (Lipinski definition) is 0. The van der Waals surface area contributed by atoms with Crippen LogP contribution in [0.1, 0.15) is 30.4 Å². The van der Waals surface area contributed by atoms with Gasteiger partial charge in [0.15, 0.2) is 0 Å². The summed E-state index contributed by atoms with van der Waals surface area (Å²) in [6.07, 6.45) is 1.62. The summed E-state index contributed by atoms with van der Waals surface area (Å²) < 4.78 is 29.8. The minimum atomic E-state index is -2.13. The van der Waals surface area contributed by atoms with Crippen molar-refractivity contribution in [1.82, 2.24) is 0 Å². The third-order valence-corrected chi connectivity index (χ3v) is 7.53. The number of benzene rings is 1. The van der Waals surface area contributed by atoms with E-state index in [0.717, 1.165) is 6.08 Å². The molecule has 1 rings (SSSR count). The zero-order valence-corrected chi connectivity index (χ0v) is 12.6. The number of allylic oxidation sites excluding steroid dienone is 1. The van der Waals surface area contributed by atoms with Gasteiger partial charge < -0.3 is 4.43 Å². The summed E-state index contributed by atoms with van der Waals surface area (Å²) in [6.45, 7) is 10.4. The molecule has 1 aromatic rings. The van der Waals surface area contributed by atoms with Crippen molar-refractivity contribution < 1.29 is 13.3 Å². The van der Waals surface area contributed by atoms with Crippen LogP contribution in [0.5, 0.6) is 5.75 Å². The lowest BCUT2D eigenvalue weighted by Gasteiger charge is -2.36. The van der Waals surface area contributed by atoms with E-state index in [-0.39, 0.29) is 28.9 Å². The van der Waals surface area contributed by atoms with Crippen LogP contribution in [-0.4, -0.2) is 14.6 Å². The molecule has 0 atom stereocenters. The van der Waals surface area contributed by atoms with E-state index in [0.29, 0.717) is 11.8 Å². The summed E-state index contributed by atoms with van der Waals surface area (Å²) in [6, 6.07) is 3.06. The van der Waals surface area contributed by atoms with Crippen LogP contribution in [0.4, 0.5) is 0 Å². The van der Waals surface area contributed by atoms with Gasteiger partial charge in [-0.1, -0.05) is 39.0 Å². The molecule has 0 unspecified atom stereocenters. The third kappa shape index (κ3) is 3.84. The zero-order valence-electron chi connectivity index (χ0n) is 14.6. The molecule has 0 radical (unpaired) electrons. The first-order valence-electron chi connectivity index (χ1n) is 7.42. The maximum Gasteiger partial charge on any atom is 0.250 e. The van der Waals surface area contributed by atoms with E-state index in [1.54, 1.807) is 0 Å². The van der Waals surface area contributed by atoms with Crippen LogP contribution in [0.2, 0.25) is 18.1 Å². The van der Waals surface area contributed by atoms with Gasteiger partial charge in [-0.15, -0.1) is 0 Å². The fourth-order valence-electron chi connectivity index (χ4n) is 1.05. The third-order valence-electron chi connectivity index (χ3n) is 3.20. The van der Waals surface area contributed by atoms with E-state index in [1.165, 1.54) is 12.1 Å². The quantitative estimate of drug-likeness (QED) is 0.461. The number of rotatable bonds is 4. The highest BCUT2D eigenvalue weighted by Gasteiger charge is 2.38. The van der Waals surface area contributed by atoms with Crippen molar-refractivity contribution in [3.63, 3.8) is 0 Å². The van der Waals surface area contributed by atoms with Crippen molar-refractivity contribution in [2.45, 2.75) is 38.9 Å². The molecule has 18 heavy (non-hydrogen) atoms. The lowest BCUT2D eigenvalue weighted by Crippen LogP contribution is -2.43. The molecule has 98 valence electrons. The van der Waals surface area contributed by atoms with Crippen molar-refractivity contribution in [1.29, 1.82) is 0 Å². The SMILES string of the molecule is [2H]/C(=C\C=O)c1cc([2H])c(O[Si](C)(C)C(C)(C)C)c([2H])c1. The Morgan fingerprint density at radius 3 is 2.33 bits per heavy atom. The molecule has 0 heterocycles. The number of carbonyl (C=O) groups is 1. The van der Waals surface area contributed by atoms with Gasteiger partial charge in [0.25, 0.3) is 0 Å². The van der Waals surface area contributed by atoms with Gasteiger partial charge in [0.1, 0.15) is 12.0 Å². The molecule has 0 bridgehead atoms. The Morgan fingerprint density at radius 2 is 1.89 bits per heavy atom. The number of aldehydes is 1. The van der Waals surface area contributed by atoms with Gasteiger partial charge in [-0.05, 0) is 41.9 Å². The largest absolute Gasteiger partial charge is 0.544 e. The van der Waals surface area contributed by atoms with Crippen molar-refractivity contribution in [2.24, 2.45) is 0 Å². The Morgan fingerprint density at radius 1 is 1.33 bits per heavy atom. The lowest BCUT2D eigenvalue weighted by atomic mass is 10.2. The van der Waals surface area contributed by atoms with Crippen LogP contribution in [0.25, 0.3) is 6.05 Å². The average Bonchev–Trinajstić information content (AvgIpc) is 2.32. The highest BCUT2D eigenvalue weighted by molar-refractivity contribution is 6.74. The van der Waals surface area contributed by atoms with Gasteiger partial charge in [0.2, 0.25) is 8.32 Å². The molecule has 3 heteroatoms. The maximum atomic E-state index is 10.4. The van der Waals surface area contributed by atoms with Crippen molar-refractivity contribution in [3.05, 3.63) is 35.9 Å². The number of hydrogen-bond acceptors (Lipinski definition) is 2. The van der Waals surface area contributed by atoms with E-state index in [9.17, 15) is 4.79 Å². The van der Waals surface area contributed by atoms with Crippen molar-refractivity contribution >= 4 is 20.7 Å². The second-order valence-corrected chi connectivity index (χ2v) is 10.4. The van der Waals surface area contributed by atoms with E-state index >= 15 is 0 Å². The molecule has 0 spiro atoms. The normalized spacial score (nSPS) is 15.6. The summed E-state index contributed by atoms with van der Waals surface area (Å²) in [4.78, 5) is 10.4. The highest BCUT2D eigenvalue weighted by Crippen LogP contribution is 2.37. The molecule has 0 saturated carbocycles. The van der Waals surface area contributed by atoms with Gasteiger partial charge in [0, 0.05) is 0 Å². The molecule has 1 aromatic carbocycles. The average molecular weight is 265 g/mol. The summed E-state index contributed by atoms with van der Waals surface area (Å²) >= 11 is 0. The van der Waals surface area contributed by atoms with Crippen LogP contribution >= 0.6 is 0 Å². The monoisotopic (exact) mass is 265 g/mol. The van der Waals surface area contributed by atoms with Crippen molar-refractivity contribution in [3.8, 4) is 5.75 Å². The molecule has 0 aliphatic carbocycles. The molecule has 0 aliphatic heterocycles. The molecule has 2 nitrogen and oxygen atoms in total. The summed E-state index contributed by atoms with van der Waals surface area (Å²) in [5.41, 5.74) is 0.375. The highest BCUT2D eigenvalue weighted by atomic mass is 28.4. The minimum absolute atomic E-state index is 0.00845. The fraction of sp³-hybridized carbons (Fsp3) is 0.400. The molecule has 0 N–H and O–H groups in total. The predicted octanol–water partition coefficient (Wildman–Crippen LogP) is 4.28. The minimum Gasteiger partial charge on any atom is -0.544 e. The first-order chi connectivity index (χ1) is 9.49. The maximum absolute atomic E-state index is 10.4. The Bertz CT molecular complexity index is 552. The molecule has 0 aliphatic rings. The summed E-state index contributed by atoms with van der Waals surface area (Å²) in [5, 5.41) is -0.0252. The summed E-state index contributed by atoms with van der Waals surface area (Å²) in [5.74, 6) is 0.254. The Labute approximate surface area is 115 Å². The van der Waals surface area contributed by atoms with Gasteiger partial charge >= 0.3 is 0 Å². The first-order valence-corrected chi connectivity index (χ1v) is 8.83. The van der Waals surface area contributed by atoms with Crippen LogP contribution in [0.3, 0.4) is 0 Å². The second kappa shape index (κ2) is 5.53. The molecular formula is C15H22O2Si. The second-order valence-electron chi connectivity index (χ2n) is 5.67. The van der Waals surface area contributed by atoms with Crippen LogP contribution in [-0.2, 0) is 4.79 Å². The fourth-order valence-corrected chi connectivity index (χ4v) is 1.99. The van der Waals surface area contributed by atoms with Gasteiger partial charge in [0.05, 0.1) is 4.11 Å². The molecular weight excluding hydrogens is 240 g/mol. The Balaban J connectivity index is 3.24. The molecule has 0 aromatic heterocycles. The van der Waals surface area contributed by atoms with Crippen LogP contribution in [0, 0.1) is 0 Å². The molecule has 0 saturated heterocycles. The standard InChI is InChI=1S/C15H22O2Si/c1-15(2,3)18(4,5)17-14-10-8-13(9-11-14)7-6-12-16/h6-12H,1-5H3/b7-6+/i7D,10D,11D. The van der Waals surface area contributed by atoms with E-state index < -0.39 is 8.32 Å². The Hall–Kier alpha value is -1.35. The van der Waals surface area contributed by atoms with Gasteiger partial charge in [-0.3, -0.25) is 4.79 Å². The summed E-state index contributed by atoms with van der Waals surface area (Å²) in [7, 11) is -2.13. The Kier molecular flexibility index (Phi) is 3.24. The van der Waals surface area contributed by atoms with Crippen LogP contribution in [0.15, 0.2) is 30.3 Å². The molecule has 0 amide bonds. The predicted molar refractivity (Wildman–Crippen MR) is 79.4 cm³/mol. The van der Waals surface area contributed by atoms with Crippen molar-refractivity contribution in [2.75, 3.05) is 0 Å². The van der Waals surface area contributed by atoms with Gasteiger partial charge in [-0.25, -0.2) is 0 Å². The zero-order chi connectivity index (χ0) is 16.4. The van der Waals surface area contributed by atoms with Crippen LogP contribution < -0.4 is 4.43 Å². The number of carbonyl (C=O) groups excluding carboxylic acids is 1.